The van der Waals surface area contributed by atoms with E-state index in [1.165, 1.54) is 16.7 Å². The second kappa shape index (κ2) is 5.94. The summed E-state index contributed by atoms with van der Waals surface area (Å²) in [6.45, 7) is 8.00. The summed E-state index contributed by atoms with van der Waals surface area (Å²) in [4.78, 5) is 0. The molecule has 0 saturated carbocycles. The van der Waals surface area contributed by atoms with Crippen LogP contribution in [0.2, 0.25) is 0 Å². The summed E-state index contributed by atoms with van der Waals surface area (Å²) < 4.78 is 11.1. The first-order chi connectivity index (χ1) is 10.1. The molecule has 2 aromatic rings. The maximum Gasteiger partial charge on any atom is 0.122 e. The van der Waals surface area contributed by atoms with Crippen molar-refractivity contribution in [3.05, 3.63) is 52.5 Å². The highest BCUT2D eigenvalue weighted by Gasteiger charge is 2.13. The Morgan fingerprint density at radius 1 is 1.24 bits per heavy atom. The van der Waals surface area contributed by atoms with Crippen LogP contribution in [0.5, 0.6) is 5.75 Å². The van der Waals surface area contributed by atoms with Crippen molar-refractivity contribution in [1.29, 1.82) is 0 Å². The van der Waals surface area contributed by atoms with Gasteiger partial charge >= 0.3 is 0 Å². The molecule has 1 aromatic heterocycles. The quantitative estimate of drug-likeness (QED) is 0.909. The van der Waals surface area contributed by atoms with Gasteiger partial charge in [-0.1, -0.05) is 12.1 Å². The van der Waals surface area contributed by atoms with Crippen molar-refractivity contribution in [3.63, 3.8) is 0 Å². The van der Waals surface area contributed by atoms with Gasteiger partial charge in [-0.05, 0) is 57.0 Å². The summed E-state index contributed by atoms with van der Waals surface area (Å²) in [5.41, 5.74) is 3.98. The molecule has 0 fully saturated rings. The van der Waals surface area contributed by atoms with Gasteiger partial charge in [0, 0.05) is 18.0 Å². The van der Waals surface area contributed by atoms with E-state index in [2.05, 4.69) is 36.5 Å². The number of furan rings is 1. The summed E-state index contributed by atoms with van der Waals surface area (Å²) in [5.74, 6) is 3.06. The number of hydrogen-bond donors (Lipinski definition) is 1. The standard InChI is InChI=1S/C18H23NO2/c1-12-10-17(14(3)21-12)13(2)19-8-6-15-4-5-18-16(11-15)7-9-20-18/h4-5,10-11,13,19H,6-9H2,1-3H3. The van der Waals surface area contributed by atoms with E-state index < -0.39 is 0 Å². The third-order valence-electron chi connectivity index (χ3n) is 4.16. The molecule has 0 aliphatic carbocycles. The van der Waals surface area contributed by atoms with E-state index in [1.54, 1.807) is 0 Å². The molecule has 1 aromatic carbocycles. The Hall–Kier alpha value is -1.74. The predicted octanol–water partition coefficient (Wildman–Crippen LogP) is 3.72. The van der Waals surface area contributed by atoms with Crippen molar-refractivity contribution < 1.29 is 9.15 Å². The topological polar surface area (TPSA) is 34.4 Å². The molecular weight excluding hydrogens is 262 g/mol. The van der Waals surface area contributed by atoms with Crippen LogP contribution >= 0.6 is 0 Å². The van der Waals surface area contributed by atoms with Crippen LogP contribution in [-0.4, -0.2) is 13.2 Å². The zero-order valence-electron chi connectivity index (χ0n) is 13.0. The number of nitrogens with one attached hydrogen (secondary N) is 1. The third-order valence-corrected chi connectivity index (χ3v) is 4.16. The largest absolute Gasteiger partial charge is 0.493 e. The van der Waals surface area contributed by atoms with Crippen LogP contribution in [0.4, 0.5) is 0 Å². The first kappa shape index (κ1) is 14.2. The summed E-state index contributed by atoms with van der Waals surface area (Å²) in [5, 5.41) is 3.58. The van der Waals surface area contributed by atoms with Gasteiger partial charge in [-0.15, -0.1) is 0 Å². The van der Waals surface area contributed by atoms with Crippen LogP contribution in [0.3, 0.4) is 0 Å². The lowest BCUT2D eigenvalue weighted by Crippen LogP contribution is -2.21. The van der Waals surface area contributed by atoms with Crippen LogP contribution in [0.25, 0.3) is 0 Å². The zero-order chi connectivity index (χ0) is 14.8. The maximum atomic E-state index is 5.60. The molecule has 0 bridgehead atoms. The normalized spacial score (nSPS) is 14.8. The van der Waals surface area contributed by atoms with Crippen molar-refractivity contribution in [3.8, 4) is 5.75 Å². The van der Waals surface area contributed by atoms with Crippen LogP contribution < -0.4 is 10.1 Å². The number of fused-ring (bicyclic) bond motifs is 1. The highest BCUT2D eigenvalue weighted by atomic mass is 16.5. The molecule has 3 nitrogen and oxygen atoms in total. The minimum atomic E-state index is 0.320. The lowest BCUT2D eigenvalue weighted by Gasteiger charge is -2.13. The summed E-state index contributed by atoms with van der Waals surface area (Å²) in [6, 6.07) is 9.00. The molecule has 0 radical (unpaired) electrons. The van der Waals surface area contributed by atoms with Crippen LogP contribution in [-0.2, 0) is 12.8 Å². The van der Waals surface area contributed by atoms with Crippen molar-refractivity contribution in [2.45, 2.75) is 39.7 Å². The fourth-order valence-electron chi connectivity index (χ4n) is 3.02. The second-order valence-electron chi connectivity index (χ2n) is 5.83. The molecule has 0 saturated heterocycles. The molecule has 112 valence electrons. The Morgan fingerprint density at radius 2 is 2.10 bits per heavy atom. The first-order valence-corrected chi connectivity index (χ1v) is 7.68. The van der Waals surface area contributed by atoms with Gasteiger partial charge in [0.25, 0.3) is 0 Å². The zero-order valence-corrected chi connectivity index (χ0v) is 13.0. The van der Waals surface area contributed by atoms with Gasteiger partial charge in [0.1, 0.15) is 17.3 Å². The number of rotatable bonds is 5. The van der Waals surface area contributed by atoms with Gasteiger partial charge in [-0.2, -0.15) is 0 Å². The summed E-state index contributed by atoms with van der Waals surface area (Å²) in [7, 11) is 0. The Balaban J connectivity index is 1.55. The first-order valence-electron chi connectivity index (χ1n) is 7.68. The molecule has 1 N–H and O–H groups in total. The Bertz CT molecular complexity index is 630. The average molecular weight is 285 g/mol. The maximum absolute atomic E-state index is 5.60. The SMILES string of the molecule is Cc1cc(C(C)NCCc2ccc3c(c2)CCO3)c(C)o1. The smallest absolute Gasteiger partial charge is 0.122 e. The van der Waals surface area contributed by atoms with Gasteiger partial charge in [0.15, 0.2) is 0 Å². The second-order valence-corrected chi connectivity index (χ2v) is 5.83. The molecule has 1 atom stereocenters. The van der Waals surface area contributed by atoms with Crippen molar-refractivity contribution >= 4 is 0 Å². The molecule has 3 heteroatoms. The van der Waals surface area contributed by atoms with Crippen molar-refractivity contribution in [2.24, 2.45) is 0 Å². The van der Waals surface area contributed by atoms with Gasteiger partial charge in [0.05, 0.1) is 6.61 Å². The third kappa shape index (κ3) is 3.13. The molecule has 1 unspecified atom stereocenters. The Labute approximate surface area is 126 Å². The van der Waals surface area contributed by atoms with Gasteiger partial charge in [0.2, 0.25) is 0 Å². The number of hydrogen-bond acceptors (Lipinski definition) is 3. The van der Waals surface area contributed by atoms with Crippen LogP contribution in [0.15, 0.2) is 28.7 Å². The molecule has 0 amide bonds. The van der Waals surface area contributed by atoms with E-state index >= 15 is 0 Å². The lowest BCUT2D eigenvalue weighted by molar-refractivity contribution is 0.357. The minimum absolute atomic E-state index is 0.320. The minimum Gasteiger partial charge on any atom is -0.493 e. The van der Waals surface area contributed by atoms with E-state index in [0.29, 0.717) is 6.04 Å². The van der Waals surface area contributed by atoms with Gasteiger partial charge < -0.3 is 14.5 Å². The van der Waals surface area contributed by atoms with Crippen LogP contribution in [0, 0.1) is 13.8 Å². The molecule has 21 heavy (non-hydrogen) atoms. The van der Waals surface area contributed by atoms with Gasteiger partial charge in [-0.25, -0.2) is 0 Å². The van der Waals surface area contributed by atoms with E-state index in [4.69, 9.17) is 9.15 Å². The average Bonchev–Trinajstić information content (AvgIpc) is 3.04. The number of benzene rings is 1. The molecule has 0 spiro atoms. The van der Waals surface area contributed by atoms with Crippen LogP contribution in [0.1, 0.15) is 41.2 Å². The highest BCUT2D eigenvalue weighted by molar-refractivity contribution is 5.39. The Kier molecular flexibility index (Phi) is 4.02. The van der Waals surface area contributed by atoms with Crippen molar-refractivity contribution in [1.82, 2.24) is 5.32 Å². The Morgan fingerprint density at radius 3 is 2.86 bits per heavy atom. The molecule has 1 aliphatic heterocycles. The lowest BCUT2D eigenvalue weighted by atomic mass is 10.1. The van der Waals surface area contributed by atoms with Gasteiger partial charge in [-0.3, -0.25) is 0 Å². The molecular formula is C18H23NO2. The fraction of sp³-hybridized carbons (Fsp3) is 0.444. The van der Waals surface area contributed by atoms with E-state index in [1.807, 2.05) is 13.8 Å². The molecule has 2 heterocycles. The molecule has 1 aliphatic rings. The number of aryl methyl sites for hydroxylation is 2. The van der Waals surface area contributed by atoms with E-state index in [9.17, 15) is 0 Å². The monoisotopic (exact) mass is 285 g/mol. The fourth-order valence-corrected chi connectivity index (χ4v) is 3.02. The summed E-state index contributed by atoms with van der Waals surface area (Å²) in [6.07, 6.45) is 2.08. The van der Waals surface area contributed by atoms with E-state index in [-0.39, 0.29) is 0 Å². The predicted molar refractivity (Wildman–Crippen MR) is 83.9 cm³/mol. The number of ether oxygens (including phenoxy) is 1. The van der Waals surface area contributed by atoms with Crippen molar-refractivity contribution in [2.75, 3.05) is 13.2 Å². The highest BCUT2D eigenvalue weighted by Crippen LogP contribution is 2.26. The van der Waals surface area contributed by atoms with E-state index in [0.717, 1.165) is 43.3 Å². The molecule has 3 rings (SSSR count). The summed E-state index contributed by atoms with van der Waals surface area (Å²) >= 11 is 0.